The smallest absolute Gasteiger partial charge is 0.133 e. The molecule has 1 heterocycles. The molecule has 0 aliphatic heterocycles. The first-order chi connectivity index (χ1) is 8.95. The van der Waals surface area contributed by atoms with E-state index in [1.807, 2.05) is 0 Å². The zero-order chi connectivity index (χ0) is 14.0. The van der Waals surface area contributed by atoms with Crippen LogP contribution in [0.1, 0.15) is 30.8 Å². The molecule has 0 aliphatic rings. The average Bonchev–Trinajstić information content (AvgIpc) is 2.38. The molecule has 0 spiro atoms. The number of hydrogen-bond donors (Lipinski definition) is 0. The third-order valence-electron chi connectivity index (χ3n) is 2.94. The van der Waals surface area contributed by atoms with Crippen molar-refractivity contribution >= 4 is 0 Å². The fourth-order valence-electron chi connectivity index (χ4n) is 1.82. The summed E-state index contributed by atoms with van der Waals surface area (Å²) < 4.78 is 39.3. The minimum absolute atomic E-state index is 0. The Labute approximate surface area is 128 Å². The molecule has 0 aliphatic carbocycles. The number of halogens is 3. The van der Waals surface area contributed by atoms with Gasteiger partial charge in [0.2, 0.25) is 0 Å². The van der Waals surface area contributed by atoms with Crippen LogP contribution in [0.5, 0.6) is 0 Å². The number of aromatic nitrogens is 2. The second-order valence-corrected chi connectivity index (χ2v) is 4.70. The summed E-state index contributed by atoms with van der Waals surface area (Å²) >= 11 is 0. The van der Waals surface area contributed by atoms with Crippen LogP contribution in [0.2, 0.25) is 0 Å². The zero-order valence-electron chi connectivity index (χ0n) is 10.9. The zero-order valence-corrected chi connectivity index (χ0v) is 13.3. The summed E-state index contributed by atoms with van der Waals surface area (Å²) in [7, 11) is 0. The number of hydrogen-bond acceptors (Lipinski definition) is 2. The van der Waals surface area contributed by atoms with Crippen molar-refractivity contribution in [3.8, 4) is 0 Å². The quantitative estimate of drug-likeness (QED) is 0.661. The summed E-state index contributed by atoms with van der Waals surface area (Å²) in [6.07, 6.45) is 2.75. The molecule has 1 aromatic carbocycles. The third kappa shape index (κ3) is 3.25. The van der Waals surface area contributed by atoms with Crippen molar-refractivity contribution in [3.63, 3.8) is 0 Å². The normalized spacial score (nSPS) is 11.1. The van der Waals surface area contributed by atoms with Gasteiger partial charge >= 0.3 is 0 Å². The molecule has 109 valence electrons. The van der Waals surface area contributed by atoms with Crippen molar-refractivity contribution in [2.24, 2.45) is 0 Å². The Kier molecular flexibility index (Phi) is 5.42. The van der Waals surface area contributed by atoms with Gasteiger partial charge < -0.3 is 0 Å². The average molecular weight is 457 g/mol. The molecule has 0 amide bonds. The van der Waals surface area contributed by atoms with Crippen LogP contribution in [0.4, 0.5) is 13.2 Å². The Balaban J connectivity index is 0.00000200. The first-order valence-corrected chi connectivity index (χ1v) is 5.69. The SMILES string of the molecule is CC(C)(c1cncc(CF)n1)c1[c-]cc(F)cc1F.[Ir]. The van der Waals surface area contributed by atoms with Crippen molar-refractivity contribution in [1.29, 1.82) is 0 Å². The van der Waals surface area contributed by atoms with Crippen molar-refractivity contribution in [2.75, 3.05) is 0 Å². The maximum absolute atomic E-state index is 13.8. The van der Waals surface area contributed by atoms with Crippen LogP contribution < -0.4 is 0 Å². The molecule has 0 bridgehead atoms. The molecule has 20 heavy (non-hydrogen) atoms. The molecule has 0 fully saturated rings. The molecule has 1 radical (unpaired) electrons. The van der Waals surface area contributed by atoms with E-state index in [1.165, 1.54) is 12.4 Å². The van der Waals surface area contributed by atoms with Crippen LogP contribution in [0, 0.1) is 17.7 Å². The number of nitrogens with zero attached hydrogens (tertiary/aromatic N) is 2. The predicted octanol–water partition coefficient (Wildman–Crippen LogP) is 3.35. The van der Waals surface area contributed by atoms with E-state index in [9.17, 15) is 13.2 Å². The van der Waals surface area contributed by atoms with Gasteiger partial charge in [-0.3, -0.25) is 18.7 Å². The molecule has 2 rings (SSSR count). The van der Waals surface area contributed by atoms with Gasteiger partial charge in [0.15, 0.2) is 0 Å². The molecule has 1 aromatic heterocycles. The largest absolute Gasteiger partial charge is 0.284 e. The fraction of sp³-hybridized carbons (Fsp3) is 0.286. The van der Waals surface area contributed by atoms with Crippen molar-refractivity contribution in [3.05, 3.63) is 59.2 Å². The summed E-state index contributed by atoms with van der Waals surface area (Å²) in [4.78, 5) is 7.97. The molecule has 0 saturated heterocycles. The van der Waals surface area contributed by atoms with Crippen LogP contribution >= 0.6 is 0 Å². The van der Waals surface area contributed by atoms with E-state index in [0.29, 0.717) is 5.69 Å². The van der Waals surface area contributed by atoms with Gasteiger partial charge in [0.05, 0.1) is 17.6 Å². The summed E-state index contributed by atoms with van der Waals surface area (Å²) in [6, 6.07) is 4.42. The van der Waals surface area contributed by atoms with E-state index < -0.39 is 23.7 Å². The van der Waals surface area contributed by atoms with Gasteiger partial charge in [0.25, 0.3) is 0 Å². The molecule has 0 atom stereocenters. The summed E-state index contributed by atoms with van der Waals surface area (Å²) in [5.74, 6) is -1.40. The minimum atomic E-state index is -0.879. The Morgan fingerprint density at radius 3 is 2.55 bits per heavy atom. The van der Waals surface area contributed by atoms with E-state index in [1.54, 1.807) is 13.8 Å². The molecule has 6 heteroatoms. The van der Waals surface area contributed by atoms with Crippen LogP contribution in [0.25, 0.3) is 0 Å². The molecule has 0 unspecified atom stereocenters. The first-order valence-electron chi connectivity index (χ1n) is 5.69. The van der Waals surface area contributed by atoms with E-state index in [0.717, 1.165) is 12.1 Å². The fourth-order valence-corrected chi connectivity index (χ4v) is 1.82. The summed E-state index contributed by atoms with van der Waals surface area (Å²) in [5, 5.41) is 0. The Bertz CT molecular complexity index is 603. The van der Waals surface area contributed by atoms with E-state index in [2.05, 4.69) is 16.0 Å². The molecule has 0 saturated carbocycles. The summed E-state index contributed by atoms with van der Waals surface area (Å²) in [5.41, 5.74) is -0.132. The third-order valence-corrected chi connectivity index (χ3v) is 2.94. The summed E-state index contributed by atoms with van der Waals surface area (Å²) in [6.45, 7) is 2.66. The van der Waals surface area contributed by atoms with Crippen LogP contribution in [0.3, 0.4) is 0 Å². The van der Waals surface area contributed by atoms with Crippen LogP contribution in [-0.4, -0.2) is 9.97 Å². The standard InChI is InChI=1S/C14H12F3N2.Ir/c1-14(2,11-4-3-9(16)5-12(11)17)13-8-18-7-10(6-15)19-13;/h3,5,7-8H,6H2,1-2H3;/q-1;. The van der Waals surface area contributed by atoms with Crippen molar-refractivity contribution in [2.45, 2.75) is 25.9 Å². The van der Waals surface area contributed by atoms with E-state index in [4.69, 9.17) is 0 Å². The van der Waals surface area contributed by atoms with Gasteiger partial charge in [0, 0.05) is 43.4 Å². The number of benzene rings is 1. The van der Waals surface area contributed by atoms with Gasteiger partial charge in [-0.25, -0.2) is 4.39 Å². The monoisotopic (exact) mass is 458 g/mol. The number of alkyl halides is 1. The van der Waals surface area contributed by atoms with Gasteiger partial charge in [0.1, 0.15) is 6.67 Å². The Hall–Kier alpha value is -1.26. The predicted molar refractivity (Wildman–Crippen MR) is 64.2 cm³/mol. The van der Waals surface area contributed by atoms with Gasteiger partial charge in [-0.05, 0) is 0 Å². The van der Waals surface area contributed by atoms with E-state index in [-0.39, 0.29) is 31.4 Å². The topological polar surface area (TPSA) is 25.8 Å². The minimum Gasteiger partial charge on any atom is -0.284 e. The molecular formula is C14H12F3IrN2-. The van der Waals surface area contributed by atoms with Gasteiger partial charge in [-0.15, -0.1) is 17.7 Å². The van der Waals surface area contributed by atoms with Crippen LogP contribution in [-0.2, 0) is 32.2 Å². The second kappa shape index (κ2) is 6.46. The maximum atomic E-state index is 13.8. The van der Waals surface area contributed by atoms with Crippen molar-refractivity contribution in [1.82, 2.24) is 9.97 Å². The first kappa shape index (κ1) is 16.8. The maximum Gasteiger partial charge on any atom is 0.133 e. The molecule has 2 nitrogen and oxygen atoms in total. The van der Waals surface area contributed by atoms with Crippen LogP contribution in [0.15, 0.2) is 24.5 Å². The molecular weight excluding hydrogens is 445 g/mol. The van der Waals surface area contributed by atoms with Crippen molar-refractivity contribution < 1.29 is 33.3 Å². The van der Waals surface area contributed by atoms with E-state index >= 15 is 0 Å². The Morgan fingerprint density at radius 2 is 1.95 bits per heavy atom. The molecule has 2 aromatic rings. The number of rotatable bonds is 3. The Morgan fingerprint density at radius 1 is 1.25 bits per heavy atom. The molecule has 0 N–H and O–H groups in total. The van der Waals surface area contributed by atoms with Gasteiger partial charge in [-0.2, -0.15) is 6.07 Å². The second-order valence-electron chi connectivity index (χ2n) is 4.70. The van der Waals surface area contributed by atoms with Gasteiger partial charge in [-0.1, -0.05) is 13.8 Å².